The van der Waals surface area contributed by atoms with Crippen molar-refractivity contribution in [1.29, 1.82) is 0 Å². The van der Waals surface area contributed by atoms with Crippen LogP contribution in [-0.4, -0.2) is 41.4 Å². The lowest BCUT2D eigenvalue weighted by molar-refractivity contribution is -0.159. The highest BCUT2D eigenvalue weighted by molar-refractivity contribution is 6.27. The molecule has 2 aromatic carbocycles. The van der Waals surface area contributed by atoms with Gasteiger partial charge in [-0.25, -0.2) is 14.6 Å². The summed E-state index contributed by atoms with van der Waals surface area (Å²) < 4.78 is 10.3. The molecule has 0 atom stereocenters. The van der Waals surface area contributed by atoms with Gasteiger partial charge in [0.1, 0.15) is 11.5 Å². The van der Waals surface area contributed by atoms with Crippen LogP contribution in [0, 0.1) is 0 Å². The molecule has 2 rings (SSSR count). The number of nitrogens with two attached hydrogens (primary N) is 1. The van der Waals surface area contributed by atoms with E-state index in [1.807, 2.05) is 48.5 Å². The van der Waals surface area contributed by atoms with Crippen LogP contribution in [0.15, 0.2) is 48.5 Å². The molecule has 0 fully saturated rings. The molecule has 0 aliphatic rings. The van der Waals surface area contributed by atoms with Crippen molar-refractivity contribution < 1.29 is 29.3 Å². The van der Waals surface area contributed by atoms with Crippen molar-refractivity contribution in [2.75, 3.05) is 14.2 Å². The monoisotopic (exact) mass is 362 g/mol. The number of carboxylic acids is 2. The molecule has 4 N–H and O–H groups in total. The van der Waals surface area contributed by atoms with E-state index >= 15 is 0 Å². The maximum absolute atomic E-state index is 9.10. The second-order valence-electron chi connectivity index (χ2n) is 5.21. The van der Waals surface area contributed by atoms with E-state index in [0.29, 0.717) is 13.1 Å². The molecule has 0 aromatic heterocycles. The van der Waals surface area contributed by atoms with Crippen LogP contribution in [0.4, 0.5) is 0 Å². The van der Waals surface area contributed by atoms with Gasteiger partial charge in [0.15, 0.2) is 0 Å². The van der Waals surface area contributed by atoms with E-state index < -0.39 is 11.9 Å². The smallest absolute Gasteiger partial charge is 0.414 e. The number of methoxy groups -OCH3 is 2. The maximum Gasteiger partial charge on any atom is 0.414 e. The van der Waals surface area contributed by atoms with E-state index in [-0.39, 0.29) is 0 Å². The molecule has 8 nitrogen and oxygen atoms in total. The van der Waals surface area contributed by atoms with E-state index in [1.54, 1.807) is 19.2 Å². The lowest BCUT2D eigenvalue weighted by Crippen LogP contribution is -2.29. The van der Waals surface area contributed by atoms with Crippen molar-refractivity contribution in [3.8, 4) is 11.5 Å². The number of rotatable bonds is 6. The highest BCUT2D eigenvalue weighted by Crippen LogP contribution is 2.15. The normalized spacial score (nSPS) is 9.85. The summed E-state index contributed by atoms with van der Waals surface area (Å²) in [4.78, 5) is 18.2. The van der Waals surface area contributed by atoms with Crippen molar-refractivity contribution in [3.63, 3.8) is 0 Å². The van der Waals surface area contributed by atoms with Crippen molar-refractivity contribution in [3.05, 3.63) is 59.7 Å². The van der Waals surface area contributed by atoms with Crippen molar-refractivity contribution in [2.45, 2.75) is 13.1 Å². The highest BCUT2D eigenvalue weighted by Gasteiger charge is 2.04. The topological polar surface area (TPSA) is 122 Å². The van der Waals surface area contributed by atoms with Crippen LogP contribution in [0.5, 0.6) is 11.5 Å². The first-order valence-electron chi connectivity index (χ1n) is 7.57. The highest BCUT2D eigenvalue weighted by atomic mass is 16.5. The minimum absolute atomic E-state index is 0.690. The van der Waals surface area contributed by atoms with Gasteiger partial charge in [0.25, 0.3) is 0 Å². The van der Waals surface area contributed by atoms with E-state index in [1.165, 1.54) is 0 Å². The standard InChI is InChI=1S/C16H20N2O2.C2H2O4/c1-19-15-7-3-13(4-8-15)11-18(17)12-14-5-9-16(20-2)10-6-14;3-1(4)2(5)6/h3-10H,11-12,17H2,1-2H3;(H,3,4)(H,5,6). The van der Waals surface area contributed by atoms with Gasteiger partial charge in [0.2, 0.25) is 0 Å². The van der Waals surface area contributed by atoms with Crippen LogP contribution in [-0.2, 0) is 22.7 Å². The first-order chi connectivity index (χ1) is 12.3. The third kappa shape index (κ3) is 7.65. The quantitative estimate of drug-likeness (QED) is 0.403. The summed E-state index contributed by atoms with van der Waals surface area (Å²) in [6, 6.07) is 15.8. The van der Waals surface area contributed by atoms with Crippen molar-refractivity contribution in [1.82, 2.24) is 5.01 Å². The predicted molar refractivity (Wildman–Crippen MR) is 94.7 cm³/mol. The van der Waals surface area contributed by atoms with Gasteiger partial charge < -0.3 is 19.7 Å². The van der Waals surface area contributed by atoms with Gasteiger partial charge in [-0.2, -0.15) is 0 Å². The number of hydrogen-bond donors (Lipinski definition) is 3. The largest absolute Gasteiger partial charge is 0.497 e. The molecule has 0 radical (unpaired) electrons. The maximum atomic E-state index is 9.10. The molecular weight excluding hydrogens is 340 g/mol. The summed E-state index contributed by atoms with van der Waals surface area (Å²) in [7, 11) is 3.32. The Balaban J connectivity index is 0.000000487. The Kier molecular flexibility index (Phi) is 8.62. The Morgan fingerprint density at radius 3 is 1.35 bits per heavy atom. The Bertz CT molecular complexity index is 639. The van der Waals surface area contributed by atoms with E-state index in [2.05, 4.69) is 0 Å². The van der Waals surface area contributed by atoms with Gasteiger partial charge >= 0.3 is 11.9 Å². The van der Waals surface area contributed by atoms with Gasteiger partial charge in [0, 0.05) is 13.1 Å². The molecule has 0 amide bonds. The van der Waals surface area contributed by atoms with Crippen LogP contribution in [0.3, 0.4) is 0 Å². The van der Waals surface area contributed by atoms with Gasteiger partial charge in [-0.05, 0) is 35.4 Å². The number of benzene rings is 2. The molecule has 0 bridgehead atoms. The minimum atomic E-state index is -1.82. The minimum Gasteiger partial charge on any atom is -0.497 e. The third-order valence-electron chi connectivity index (χ3n) is 3.27. The molecule has 2 aromatic rings. The third-order valence-corrected chi connectivity index (χ3v) is 3.27. The summed E-state index contributed by atoms with van der Waals surface area (Å²) in [6.07, 6.45) is 0. The number of ether oxygens (including phenoxy) is 2. The number of carbonyl (C=O) groups is 2. The van der Waals surface area contributed by atoms with E-state index in [9.17, 15) is 0 Å². The fourth-order valence-electron chi connectivity index (χ4n) is 1.99. The zero-order valence-corrected chi connectivity index (χ0v) is 14.6. The van der Waals surface area contributed by atoms with Crippen LogP contribution < -0.4 is 15.3 Å². The molecule has 0 saturated carbocycles. The molecule has 0 aliphatic heterocycles. The van der Waals surface area contributed by atoms with Crippen LogP contribution >= 0.6 is 0 Å². The number of hydrogen-bond acceptors (Lipinski definition) is 6. The molecule has 0 aliphatic carbocycles. The van der Waals surface area contributed by atoms with Gasteiger partial charge in [0.05, 0.1) is 14.2 Å². The number of aliphatic carboxylic acids is 2. The number of nitrogens with zero attached hydrogens (tertiary/aromatic N) is 1. The Hall–Kier alpha value is -3.10. The molecule has 0 heterocycles. The summed E-state index contributed by atoms with van der Waals surface area (Å²) in [5, 5.41) is 16.6. The fourth-order valence-corrected chi connectivity index (χ4v) is 1.99. The second kappa shape index (κ2) is 10.7. The van der Waals surface area contributed by atoms with Crippen LogP contribution in [0.1, 0.15) is 11.1 Å². The van der Waals surface area contributed by atoms with Gasteiger partial charge in [-0.15, -0.1) is 0 Å². The molecule has 8 heteroatoms. The Morgan fingerprint density at radius 2 is 1.12 bits per heavy atom. The molecule has 0 unspecified atom stereocenters. The fraction of sp³-hybridized carbons (Fsp3) is 0.222. The van der Waals surface area contributed by atoms with Gasteiger partial charge in [-0.3, -0.25) is 5.84 Å². The number of carboxylic acid groups (broad SMARTS) is 2. The molecule has 0 spiro atoms. The van der Waals surface area contributed by atoms with E-state index in [0.717, 1.165) is 22.6 Å². The van der Waals surface area contributed by atoms with E-state index in [4.69, 9.17) is 35.1 Å². The molecular formula is C18H22N2O6. The average molecular weight is 362 g/mol. The van der Waals surface area contributed by atoms with Crippen molar-refractivity contribution in [2.24, 2.45) is 5.84 Å². The summed E-state index contributed by atoms with van der Waals surface area (Å²) in [5.41, 5.74) is 2.31. The van der Waals surface area contributed by atoms with Gasteiger partial charge in [-0.1, -0.05) is 24.3 Å². The average Bonchev–Trinajstić information content (AvgIpc) is 2.63. The number of hydrazine groups is 1. The lowest BCUT2D eigenvalue weighted by Gasteiger charge is -2.17. The molecule has 0 saturated heterocycles. The summed E-state index contributed by atoms with van der Waals surface area (Å²) in [5.74, 6) is 4.11. The molecule has 26 heavy (non-hydrogen) atoms. The second-order valence-corrected chi connectivity index (χ2v) is 5.21. The van der Waals surface area contributed by atoms with Crippen molar-refractivity contribution >= 4 is 11.9 Å². The SMILES string of the molecule is COc1ccc(CN(N)Cc2ccc(OC)cc2)cc1.O=C(O)C(=O)O. The zero-order valence-electron chi connectivity index (χ0n) is 14.6. The zero-order chi connectivity index (χ0) is 19.5. The Morgan fingerprint density at radius 1 is 0.808 bits per heavy atom. The first-order valence-corrected chi connectivity index (χ1v) is 7.57. The lowest BCUT2D eigenvalue weighted by atomic mass is 10.2. The predicted octanol–water partition coefficient (Wildman–Crippen LogP) is 1.74. The summed E-state index contributed by atoms with van der Waals surface area (Å²) >= 11 is 0. The molecule has 140 valence electrons. The van der Waals surface area contributed by atoms with Crippen LogP contribution in [0.2, 0.25) is 0 Å². The summed E-state index contributed by atoms with van der Waals surface area (Å²) in [6.45, 7) is 1.38. The first kappa shape index (κ1) is 20.9. The van der Waals surface area contributed by atoms with Crippen LogP contribution in [0.25, 0.3) is 0 Å². The Labute approximate surface area is 151 Å².